The summed E-state index contributed by atoms with van der Waals surface area (Å²) >= 11 is 5.90. The summed E-state index contributed by atoms with van der Waals surface area (Å²) in [5.74, 6) is 0.570. The molecule has 1 fully saturated rings. The van der Waals surface area contributed by atoms with Gasteiger partial charge >= 0.3 is 0 Å². The summed E-state index contributed by atoms with van der Waals surface area (Å²) in [7, 11) is 0. The normalized spacial score (nSPS) is 15.9. The van der Waals surface area contributed by atoms with Gasteiger partial charge in [0.2, 0.25) is 0 Å². The van der Waals surface area contributed by atoms with Crippen LogP contribution < -0.4 is 5.32 Å². The maximum atomic E-state index is 12.6. The number of benzene rings is 1. The van der Waals surface area contributed by atoms with Gasteiger partial charge in [-0.05, 0) is 56.5 Å². The first-order chi connectivity index (χ1) is 10.1. The van der Waals surface area contributed by atoms with Crippen LogP contribution in [-0.4, -0.2) is 42.1 Å². The third-order valence-electron chi connectivity index (χ3n) is 3.91. The molecule has 116 valence electrons. The molecule has 0 unspecified atom stereocenters. The smallest absolute Gasteiger partial charge is 0.253 e. The molecule has 1 aliphatic heterocycles. The van der Waals surface area contributed by atoms with E-state index in [0.29, 0.717) is 11.5 Å². The van der Waals surface area contributed by atoms with Gasteiger partial charge < -0.3 is 15.3 Å². The molecule has 0 bridgehead atoms. The lowest BCUT2D eigenvalue weighted by Gasteiger charge is -2.30. The lowest BCUT2D eigenvalue weighted by atomic mass is 9.97. The van der Waals surface area contributed by atoms with Crippen LogP contribution >= 0.6 is 11.6 Å². The van der Waals surface area contributed by atoms with Crippen LogP contribution in [0.25, 0.3) is 0 Å². The number of amides is 1. The minimum Gasteiger partial charge on any atom is -0.506 e. The van der Waals surface area contributed by atoms with Crippen molar-refractivity contribution in [3.05, 3.63) is 28.8 Å². The van der Waals surface area contributed by atoms with Crippen molar-refractivity contribution in [1.29, 1.82) is 0 Å². The fourth-order valence-corrected chi connectivity index (χ4v) is 2.92. The molecule has 0 atom stereocenters. The van der Waals surface area contributed by atoms with Gasteiger partial charge in [-0.1, -0.05) is 18.5 Å². The summed E-state index contributed by atoms with van der Waals surface area (Å²) in [5, 5.41) is 13.0. The Morgan fingerprint density at radius 2 is 2.14 bits per heavy atom. The van der Waals surface area contributed by atoms with Crippen LogP contribution in [0.15, 0.2) is 18.2 Å². The summed E-state index contributed by atoms with van der Waals surface area (Å²) in [6.45, 7) is 5.69. The molecule has 0 aliphatic carbocycles. The molecule has 1 saturated heterocycles. The average molecular weight is 311 g/mol. The fourth-order valence-electron chi connectivity index (χ4n) is 2.74. The summed E-state index contributed by atoms with van der Waals surface area (Å²) < 4.78 is 0. The van der Waals surface area contributed by atoms with Crippen molar-refractivity contribution in [3.8, 4) is 5.75 Å². The first-order valence-corrected chi connectivity index (χ1v) is 7.98. The highest BCUT2D eigenvalue weighted by atomic mass is 35.5. The van der Waals surface area contributed by atoms with Crippen LogP contribution in [0.2, 0.25) is 5.02 Å². The van der Waals surface area contributed by atoms with E-state index in [9.17, 15) is 9.90 Å². The highest BCUT2D eigenvalue weighted by Crippen LogP contribution is 2.25. The predicted molar refractivity (Wildman–Crippen MR) is 84.9 cm³/mol. The first kappa shape index (κ1) is 16.1. The number of nitrogens with zero attached hydrogens (tertiary/aromatic N) is 1. The molecule has 1 aromatic carbocycles. The van der Waals surface area contributed by atoms with Crippen LogP contribution in [0, 0.1) is 5.92 Å². The van der Waals surface area contributed by atoms with Gasteiger partial charge in [-0.25, -0.2) is 0 Å². The van der Waals surface area contributed by atoms with E-state index in [1.165, 1.54) is 6.07 Å². The number of carbonyl (C=O) groups excluding carboxylic acids is 1. The highest BCUT2D eigenvalue weighted by molar-refractivity contribution is 6.32. The van der Waals surface area contributed by atoms with Crippen molar-refractivity contribution in [3.63, 3.8) is 0 Å². The Morgan fingerprint density at radius 1 is 1.43 bits per heavy atom. The van der Waals surface area contributed by atoms with Crippen LogP contribution in [-0.2, 0) is 0 Å². The molecular formula is C16H23ClN2O2. The van der Waals surface area contributed by atoms with Crippen LogP contribution in [0.3, 0.4) is 0 Å². The van der Waals surface area contributed by atoms with Gasteiger partial charge in [0.05, 0.1) is 5.02 Å². The van der Waals surface area contributed by atoms with Gasteiger partial charge in [0.15, 0.2) is 0 Å². The summed E-state index contributed by atoms with van der Waals surface area (Å²) in [4.78, 5) is 14.6. The second kappa shape index (κ2) is 7.66. The molecule has 0 radical (unpaired) electrons. The van der Waals surface area contributed by atoms with E-state index in [0.717, 1.165) is 45.4 Å². The maximum absolute atomic E-state index is 12.6. The minimum absolute atomic E-state index is 0.00252. The van der Waals surface area contributed by atoms with Crippen molar-refractivity contribution in [2.24, 2.45) is 5.92 Å². The van der Waals surface area contributed by atoms with Gasteiger partial charge in [-0.2, -0.15) is 0 Å². The lowest BCUT2D eigenvalue weighted by molar-refractivity contribution is 0.0716. The number of hydrogen-bond donors (Lipinski definition) is 2. The summed E-state index contributed by atoms with van der Waals surface area (Å²) in [6.07, 6.45) is 3.16. The predicted octanol–water partition coefficient (Wildman–Crippen LogP) is 2.90. The molecule has 1 aromatic rings. The van der Waals surface area contributed by atoms with Gasteiger partial charge in [-0.3, -0.25) is 4.79 Å². The number of halogens is 1. The zero-order valence-electron chi connectivity index (χ0n) is 12.4. The van der Waals surface area contributed by atoms with Crippen LogP contribution in [0.1, 0.15) is 36.5 Å². The molecule has 0 saturated carbocycles. The molecule has 5 heteroatoms. The molecule has 21 heavy (non-hydrogen) atoms. The lowest BCUT2D eigenvalue weighted by Crippen LogP contribution is -2.39. The zero-order valence-corrected chi connectivity index (χ0v) is 13.2. The van der Waals surface area contributed by atoms with E-state index < -0.39 is 0 Å². The van der Waals surface area contributed by atoms with E-state index in [4.69, 9.17) is 11.6 Å². The number of phenolic OH excluding ortho intramolecular Hbond substituents is 1. The van der Waals surface area contributed by atoms with Gasteiger partial charge in [0.25, 0.3) is 5.91 Å². The van der Waals surface area contributed by atoms with Crippen LogP contribution in [0.5, 0.6) is 5.75 Å². The van der Waals surface area contributed by atoms with Gasteiger partial charge in [-0.15, -0.1) is 0 Å². The maximum Gasteiger partial charge on any atom is 0.253 e. The summed E-state index contributed by atoms with van der Waals surface area (Å²) in [5.41, 5.74) is 0.542. The Balaban J connectivity index is 2.08. The van der Waals surface area contributed by atoms with Crippen molar-refractivity contribution in [2.75, 3.05) is 26.2 Å². The molecule has 2 N–H and O–H groups in total. The van der Waals surface area contributed by atoms with Crippen molar-refractivity contribution in [1.82, 2.24) is 10.2 Å². The van der Waals surface area contributed by atoms with Crippen molar-refractivity contribution in [2.45, 2.75) is 26.2 Å². The molecule has 0 aromatic heterocycles. The molecule has 1 amide bonds. The average Bonchev–Trinajstić information content (AvgIpc) is 2.50. The van der Waals surface area contributed by atoms with E-state index in [-0.39, 0.29) is 16.7 Å². The van der Waals surface area contributed by atoms with E-state index in [1.807, 2.05) is 4.90 Å². The number of rotatable bonds is 5. The highest BCUT2D eigenvalue weighted by Gasteiger charge is 2.21. The van der Waals surface area contributed by atoms with E-state index in [1.54, 1.807) is 12.1 Å². The molecule has 1 aliphatic rings. The van der Waals surface area contributed by atoms with Crippen LogP contribution in [0.4, 0.5) is 0 Å². The fraction of sp³-hybridized carbons (Fsp3) is 0.562. The first-order valence-electron chi connectivity index (χ1n) is 7.60. The van der Waals surface area contributed by atoms with E-state index in [2.05, 4.69) is 12.2 Å². The number of hydrogen-bond acceptors (Lipinski definition) is 3. The van der Waals surface area contributed by atoms with Crippen molar-refractivity contribution < 1.29 is 9.90 Å². The topological polar surface area (TPSA) is 52.6 Å². The Morgan fingerprint density at radius 3 is 2.76 bits per heavy atom. The second-order valence-corrected chi connectivity index (χ2v) is 6.02. The third kappa shape index (κ3) is 4.35. The minimum atomic E-state index is -0.00252. The van der Waals surface area contributed by atoms with Gasteiger partial charge in [0.1, 0.15) is 5.75 Å². The second-order valence-electron chi connectivity index (χ2n) is 5.61. The Bertz CT molecular complexity index is 487. The standard InChI is InChI=1S/C16H23ClN2O2/c1-2-9-19(11-12-5-7-18-8-6-12)16(21)13-3-4-15(20)14(17)10-13/h3-4,10,12,18,20H,2,5-9,11H2,1H3. The molecular weight excluding hydrogens is 288 g/mol. The third-order valence-corrected chi connectivity index (χ3v) is 4.22. The molecule has 4 nitrogen and oxygen atoms in total. The quantitative estimate of drug-likeness (QED) is 0.879. The molecule has 2 rings (SSSR count). The Kier molecular flexibility index (Phi) is 5.88. The number of nitrogens with one attached hydrogen (secondary N) is 1. The Labute approximate surface area is 131 Å². The molecule has 1 heterocycles. The summed E-state index contributed by atoms with van der Waals surface area (Å²) in [6, 6.07) is 4.66. The monoisotopic (exact) mass is 310 g/mol. The number of phenols is 1. The largest absolute Gasteiger partial charge is 0.506 e. The Hall–Kier alpha value is -1.26. The van der Waals surface area contributed by atoms with Crippen molar-refractivity contribution >= 4 is 17.5 Å². The van der Waals surface area contributed by atoms with Gasteiger partial charge in [0, 0.05) is 18.7 Å². The zero-order chi connectivity index (χ0) is 15.2. The number of piperidine rings is 1. The number of aromatic hydroxyl groups is 1. The molecule has 0 spiro atoms. The number of carbonyl (C=O) groups is 1. The van der Waals surface area contributed by atoms with E-state index >= 15 is 0 Å². The SMILES string of the molecule is CCCN(CC1CCNCC1)C(=O)c1ccc(O)c(Cl)c1.